The molecule has 2 amide bonds. The van der Waals surface area contributed by atoms with Crippen LogP contribution in [0.1, 0.15) is 42.3 Å². The first-order valence-corrected chi connectivity index (χ1v) is 10.7. The number of hydrogen-bond donors (Lipinski definition) is 1. The number of aromatic nitrogens is 1. The fraction of sp³-hybridized carbons (Fsp3) is 0.400. The van der Waals surface area contributed by atoms with Crippen LogP contribution in [0, 0.1) is 17.8 Å². The third-order valence-corrected chi connectivity index (χ3v) is 5.64. The molecule has 0 aliphatic carbocycles. The molecule has 2 heterocycles. The Hall–Kier alpha value is -3.37. The van der Waals surface area contributed by atoms with E-state index in [1.54, 1.807) is 36.0 Å². The van der Waals surface area contributed by atoms with Gasteiger partial charge in [-0.05, 0) is 25.1 Å². The molecule has 3 rings (SSSR count). The van der Waals surface area contributed by atoms with Crippen LogP contribution in [0.3, 0.4) is 0 Å². The van der Waals surface area contributed by atoms with Crippen molar-refractivity contribution in [2.45, 2.75) is 32.9 Å². The van der Waals surface area contributed by atoms with Crippen LogP contribution in [-0.2, 0) is 4.79 Å². The Morgan fingerprint density at radius 3 is 2.66 bits per heavy atom. The summed E-state index contributed by atoms with van der Waals surface area (Å²) in [7, 11) is 1.72. The van der Waals surface area contributed by atoms with Gasteiger partial charge in [-0.25, -0.2) is 4.98 Å². The van der Waals surface area contributed by atoms with Gasteiger partial charge in [-0.2, -0.15) is 0 Å². The minimum Gasteiger partial charge on any atom is -0.472 e. The van der Waals surface area contributed by atoms with Gasteiger partial charge in [-0.1, -0.05) is 37.0 Å². The van der Waals surface area contributed by atoms with Gasteiger partial charge >= 0.3 is 0 Å². The molecular formula is C25H29N3O4. The first-order valence-electron chi connectivity index (χ1n) is 10.7. The Morgan fingerprint density at radius 1 is 1.31 bits per heavy atom. The molecule has 7 nitrogen and oxygen atoms in total. The number of pyridine rings is 1. The first kappa shape index (κ1) is 23.3. The molecule has 7 heteroatoms. The number of benzene rings is 1. The highest BCUT2D eigenvalue weighted by Crippen LogP contribution is 2.27. The molecule has 0 saturated carbocycles. The molecule has 0 spiro atoms. The van der Waals surface area contributed by atoms with E-state index >= 15 is 0 Å². The van der Waals surface area contributed by atoms with Gasteiger partial charge in [-0.15, -0.1) is 0 Å². The molecule has 0 fully saturated rings. The summed E-state index contributed by atoms with van der Waals surface area (Å²) in [6, 6.07) is 10.9. The number of rotatable bonds is 4. The van der Waals surface area contributed by atoms with E-state index in [1.165, 1.54) is 6.92 Å². The summed E-state index contributed by atoms with van der Waals surface area (Å²) in [5.41, 5.74) is 1.75. The van der Waals surface area contributed by atoms with Crippen LogP contribution >= 0.6 is 0 Å². The number of hydrogen-bond acceptors (Lipinski definition) is 5. The van der Waals surface area contributed by atoms with Gasteiger partial charge in [-0.3, -0.25) is 9.59 Å². The normalized spacial score (nSPS) is 18.9. The van der Waals surface area contributed by atoms with Crippen molar-refractivity contribution in [3.05, 3.63) is 59.3 Å². The summed E-state index contributed by atoms with van der Waals surface area (Å²) in [5, 5.41) is 9.73. The SMILES string of the molecule is CC(=O)N(C)C[C@H]1Oc2ncc(C#Cc3ccccc3)cc2C(=O)N([C@H](C)CO)C[C@@H]1C. The summed E-state index contributed by atoms with van der Waals surface area (Å²) < 4.78 is 6.16. The van der Waals surface area contributed by atoms with Crippen molar-refractivity contribution in [3.63, 3.8) is 0 Å². The molecule has 2 aromatic rings. The zero-order valence-electron chi connectivity index (χ0n) is 18.9. The lowest BCUT2D eigenvalue weighted by Crippen LogP contribution is -2.50. The van der Waals surface area contributed by atoms with Gasteiger partial charge in [0.15, 0.2) is 0 Å². The zero-order valence-corrected chi connectivity index (χ0v) is 18.9. The van der Waals surface area contributed by atoms with E-state index in [0.29, 0.717) is 24.2 Å². The number of amides is 2. The molecule has 1 aromatic heterocycles. The van der Waals surface area contributed by atoms with Crippen molar-refractivity contribution in [1.82, 2.24) is 14.8 Å². The lowest BCUT2D eigenvalue weighted by Gasteiger charge is -2.37. The largest absolute Gasteiger partial charge is 0.472 e. The predicted molar refractivity (Wildman–Crippen MR) is 121 cm³/mol. The van der Waals surface area contributed by atoms with Crippen LogP contribution < -0.4 is 4.74 Å². The summed E-state index contributed by atoms with van der Waals surface area (Å²) in [5.74, 6) is 5.92. The van der Waals surface area contributed by atoms with Crippen molar-refractivity contribution < 1.29 is 19.4 Å². The van der Waals surface area contributed by atoms with Crippen molar-refractivity contribution in [2.24, 2.45) is 5.92 Å². The number of carbonyl (C=O) groups excluding carboxylic acids is 2. The highest BCUT2D eigenvalue weighted by molar-refractivity contribution is 5.97. The lowest BCUT2D eigenvalue weighted by atomic mass is 10.00. The van der Waals surface area contributed by atoms with Crippen molar-refractivity contribution >= 4 is 11.8 Å². The van der Waals surface area contributed by atoms with Gasteiger partial charge in [0.2, 0.25) is 11.8 Å². The maximum atomic E-state index is 13.4. The molecular weight excluding hydrogens is 406 g/mol. The number of fused-ring (bicyclic) bond motifs is 1. The number of likely N-dealkylation sites (N-methyl/N-ethyl adjacent to an activating group) is 1. The van der Waals surface area contributed by atoms with Crippen molar-refractivity contribution in [2.75, 3.05) is 26.7 Å². The Morgan fingerprint density at radius 2 is 2.00 bits per heavy atom. The van der Waals surface area contributed by atoms with Gasteiger partial charge in [0, 0.05) is 43.8 Å². The molecule has 0 saturated heterocycles. The Labute approximate surface area is 189 Å². The number of aliphatic hydroxyl groups is 1. The minimum absolute atomic E-state index is 0.0702. The smallest absolute Gasteiger partial charge is 0.259 e. The number of aliphatic hydroxyl groups excluding tert-OH is 1. The molecule has 32 heavy (non-hydrogen) atoms. The van der Waals surface area contributed by atoms with E-state index in [9.17, 15) is 14.7 Å². The first-order chi connectivity index (χ1) is 15.3. The Bertz CT molecular complexity index is 1030. The molecule has 0 radical (unpaired) electrons. The summed E-state index contributed by atoms with van der Waals surface area (Å²) in [6.45, 7) is 5.86. The monoisotopic (exact) mass is 435 g/mol. The molecule has 1 N–H and O–H groups in total. The molecule has 0 unspecified atom stereocenters. The van der Waals surface area contributed by atoms with Crippen molar-refractivity contribution in [1.29, 1.82) is 0 Å². The van der Waals surface area contributed by atoms with Gasteiger partial charge in [0.05, 0.1) is 19.2 Å². The fourth-order valence-corrected chi connectivity index (χ4v) is 3.45. The highest BCUT2D eigenvalue weighted by atomic mass is 16.5. The molecule has 1 aliphatic rings. The molecule has 1 aliphatic heterocycles. The second-order valence-corrected chi connectivity index (χ2v) is 8.21. The number of ether oxygens (including phenoxy) is 1. The van der Waals surface area contributed by atoms with Crippen LogP contribution in [0.15, 0.2) is 42.6 Å². The topological polar surface area (TPSA) is 83.0 Å². The summed E-state index contributed by atoms with van der Waals surface area (Å²) >= 11 is 0. The molecule has 0 bridgehead atoms. The zero-order chi connectivity index (χ0) is 23.3. The molecule has 3 atom stereocenters. The van der Waals surface area contributed by atoms with Crippen LogP contribution in [0.4, 0.5) is 0 Å². The van der Waals surface area contributed by atoms with Crippen LogP contribution in [0.2, 0.25) is 0 Å². The predicted octanol–water partition coefficient (Wildman–Crippen LogP) is 2.18. The molecule has 168 valence electrons. The van der Waals surface area contributed by atoms with Crippen LogP contribution in [0.5, 0.6) is 5.88 Å². The second-order valence-electron chi connectivity index (χ2n) is 8.21. The van der Waals surface area contributed by atoms with E-state index in [0.717, 1.165) is 5.56 Å². The third kappa shape index (κ3) is 5.45. The third-order valence-electron chi connectivity index (χ3n) is 5.64. The fourth-order valence-electron chi connectivity index (χ4n) is 3.45. The molecule has 1 aromatic carbocycles. The number of carbonyl (C=O) groups is 2. The van der Waals surface area contributed by atoms with E-state index in [1.807, 2.05) is 37.3 Å². The second kappa shape index (κ2) is 10.3. The van der Waals surface area contributed by atoms with Crippen LogP contribution in [-0.4, -0.2) is 70.6 Å². The van der Waals surface area contributed by atoms with E-state index in [-0.39, 0.29) is 42.4 Å². The summed E-state index contributed by atoms with van der Waals surface area (Å²) in [6.07, 6.45) is 1.22. The summed E-state index contributed by atoms with van der Waals surface area (Å²) in [4.78, 5) is 32.8. The standard InChI is InChI=1S/C25H29N3O4/c1-17-14-28(18(2)16-29)25(31)22-12-21(11-10-20-8-6-5-7-9-20)13-26-24(22)32-23(17)15-27(4)19(3)30/h5-9,12-13,17-18,23,29H,14-16H2,1-4H3/t17-,18+,23+/m0/s1. The van der Waals surface area contributed by atoms with E-state index in [4.69, 9.17) is 4.74 Å². The maximum absolute atomic E-state index is 13.4. The van der Waals surface area contributed by atoms with E-state index < -0.39 is 0 Å². The van der Waals surface area contributed by atoms with E-state index in [2.05, 4.69) is 16.8 Å². The Balaban J connectivity index is 2.00. The van der Waals surface area contributed by atoms with Gasteiger partial charge < -0.3 is 19.6 Å². The number of nitrogens with zero attached hydrogens (tertiary/aromatic N) is 3. The lowest BCUT2D eigenvalue weighted by molar-refractivity contribution is -0.129. The van der Waals surface area contributed by atoms with Crippen molar-refractivity contribution in [3.8, 4) is 17.7 Å². The average molecular weight is 436 g/mol. The van der Waals surface area contributed by atoms with Gasteiger partial charge in [0.25, 0.3) is 5.91 Å². The van der Waals surface area contributed by atoms with Crippen LogP contribution in [0.25, 0.3) is 0 Å². The minimum atomic E-state index is -0.374. The quantitative estimate of drug-likeness (QED) is 0.745. The Kier molecular flexibility index (Phi) is 7.49. The highest BCUT2D eigenvalue weighted by Gasteiger charge is 2.34. The van der Waals surface area contributed by atoms with Gasteiger partial charge in [0.1, 0.15) is 11.7 Å². The maximum Gasteiger partial charge on any atom is 0.259 e. The average Bonchev–Trinajstić information content (AvgIpc) is 2.80.